The fourth-order valence-corrected chi connectivity index (χ4v) is 5.98. The first-order chi connectivity index (χ1) is 22.0. The molecule has 6 heteroatoms. The van der Waals surface area contributed by atoms with Crippen LogP contribution in [0.1, 0.15) is 131 Å². The fourth-order valence-electron chi connectivity index (χ4n) is 5.98. The second-order valence-corrected chi connectivity index (χ2v) is 11.9. The Morgan fingerprint density at radius 2 is 1.00 bits per heavy atom. The molecule has 0 radical (unpaired) electrons. The Hall–Kier alpha value is -3.85. The summed E-state index contributed by atoms with van der Waals surface area (Å²) in [6.07, 6.45) is 20.2. The largest absolute Gasteiger partial charge is 0.431 e. The van der Waals surface area contributed by atoms with Crippen molar-refractivity contribution in [2.75, 3.05) is 7.11 Å². The zero-order chi connectivity index (χ0) is 32.6. The number of aromatic amines is 2. The summed E-state index contributed by atoms with van der Waals surface area (Å²) in [6.45, 7) is 13.5. The van der Waals surface area contributed by atoms with Crippen molar-refractivity contribution in [2.45, 2.75) is 125 Å². The number of nitriles is 1. The van der Waals surface area contributed by atoms with E-state index in [4.69, 9.17) is 15.2 Å². The molecule has 3 aromatic rings. The van der Waals surface area contributed by atoms with Crippen LogP contribution in [0, 0.1) is 18.4 Å². The van der Waals surface area contributed by atoms with Crippen LogP contribution in [0.25, 0.3) is 34.2 Å². The predicted molar refractivity (Wildman–Crippen MR) is 191 cm³/mol. The van der Waals surface area contributed by atoms with E-state index in [0.29, 0.717) is 0 Å². The highest BCUT2D eigenvalue weighted by atomic mass is 16.5. The van der Waals surface area contributed by atoms with Gasteiger partial charge in [0.1, 0.15) is 0 Å². The molecular weight excluding hydrogens is 554 g/mol. The van der Waals surface area contributed by atoms with Gasteiger partial charge in [-0.3, -0.25) is 4.98 Å². The van der Waals surface area contributed by atoms with E-state index in [0.717, 1.165) is 87.7 Å². The summed E-state index contributed by atoms with van der Waals surface area (Å²) in [4.78, 5) is 18.4. The number of nitrogens with one attached hydrogen (secondary N) is 2. The molecule has 45 heavy (non-hydrogen) atoms. The summed E-state index contributed by atoms with van der Waals surface area (Å²) >= 11 is 0. The average molecular weight is 610 g/mol. The lowest BCUT2D eigenvalue weighted by atomic mass is 10.0. The first-order valence-electron chi connectivity index (χ1n) is 17.3. The molecule has 0 atom stereocenters. The van der Waals surface area contributed by atoms with Crippen molar-refractivity contribution in [3.63, 3.8) is 0 Å². The van der Waals surface area contributed by atoms with Crippen LogP contribution < -0.4 is 0 Å². The van der Waals surface area contributed by atoms with Gasteiger partial charge in [0.2, 0.25) is 0 Å². The van der Waals surface area contributed by atoms with Crippen LogP contribution in [0.2, 0.25) is 0 Å². The van der Waals surface area contributed by atoms with Gasteiger partial charge in [0.05, 0.1) is 18.5 Å². The molecule has 4 heterocycles. The number of ether oxygens (including phenoxy) is 1. The normalized spacial score (nSPS) is 11.2. The van der Waals surface area contributed by atoms with Crippen molar-refractivity contribution < 1.29 is 4.74 Å². The molecule has 0 aromatic carbocycles. The van der Waals surface area contributed by atoms with Crippen molar-refractivity contribution >= 4 is 34.2 Å². The zero-order valence-electron chi connectivity index (χ0n) is 28.9. The van der Waals surface area contributed by atoms with Gasteiger partial charge >= 0.3 is 0 Å². The number of aromatic nitrogens is 4. The molecule has 0 saturated heterocycles. The van der Waals surface area contributed by atoms with Gasteiger partial charge in [-0.2, -0.15) is 5.26 Å². The number of unbranched alkanes of at least 4 members (excludes halogenated alkanes) is 4. The van der Waals surface area contributed by atoms with E-state index < -0.39 is 0 Å². The minimum Gasteiger partial charge on any atom is -0.431 e. The number of nitrogens with zero attached hydrogens (tertiary/aromatic N) is 3. The third-order valence-electron chi connectivity index (χ3n) is 8.57. The molecule has 1 aliphatic heterocycles. The Balaban J connectivity index is 0.00000130. The van der Waals surface area contributed by atoms with Gasteiger partial charge in [0, 0.05) is 44.6 Å². The monoisotopic (exact) mass is 609 g/mol. The van der Waals surface area contributed by atoms with Crippen LogP contribution in [0.4, 0.5) is 0 Å². The van der Waals surface area contributed by atoms with Gasteiger partial charge in [0.25, 0.3) is 6.26 Å². The predicted octanol–water partition coefficient (Wildman–Crippen LogP) is 10.5. The van der Waals surface area contributed by atoms with Crippen molar-refractivity contribution in [1.29, 1.82) is 5.26 Å². The number of H-pyrrole nitrogens is 2. The number of hydrogen-bond donors (Lipinski definition) is 2. The Kier molecular flexibility index (Phi) is 14.9. The smallest absolute Gasteiger partial charge is 0.286 e. The lowest BCUT2D eigenvalue weighted by Crippen LogP contribution is -2.00. The molecule has 6 nitrogen and oxygen atoms in total. The summed E-state index contributed by atoms with van der Waals surface area (Å²) < 4.78 is 3.85. The Morgan fingerprint density at radius 3 is 1.40 bits per heavy atom. The third kappa shape index (κ3) is 9.57. The van der Waals surface area contributed by atoms with Crippen LogP contribution in [-0.2, 0) is 36.8 Å². The number of aryl methyl sites for hydroxylation is 6. The highest BCUT2D eigenvalue weighted by Crippen LogP contribution is 2.27. The minimum atomic E-state index is 0.914. The Bertz CT molecular complexity index is 1600. The van der Waals surface area contributed by atoms with E-state index in [1.165, 1.54) is 76.2 Å². The molecule has 1 aliphatic rings. The minimum absolute atomic E-state index is 0.914. The number of hydrogen-bond acceptors (Lipinski definition) is 4. The van der Waals surface area contributed by atoms with Crippen LogP contribution in [0.15, 0.2) is 24.3 Å². The second kappa shape index (κ2) is 18.8. The molecule has 2 N–H and O–H groups in total. The van der Waals surface area contributed by atoms with Gasteiger partial charge in [-0.1, -0.05) is 60.3 Å². The SMILES string of the molecule is CCCCc1c(C)nc(CC)c(CCCC)c2ccc([nH]2)c(CCCC)c2nc(c(CCCC)c3ccc1[nH]3)C=C2.COC#N. The molecule has 0 aliphatic carbocycles. The van der Waals surface area contributed by atoms with E-state index in [1.807, 2.05) is 0 Å². The van der Waals surface area contributed by atoms with E-state index in [2.05, 4.69) is 92.7 Å². The molecule has 0 saturated carbocycles. The van der Waals surface area contributed by atoms with Crippen molar-refractivity contribution in [3.05, 3.63) is 69.3 Å². The quantitative estimate of drug-likeness (QED) is 0.148. The van der Waals surface area contributed by atoms with E-state index in [1.54, 1.807) is 0 Å². The van der Waals surface area contributed by atoms with E-state index >= 15 is 0 Å². The third-order valence-corrected chi connectivity index (χ3v) is 8.57. The topological polar surface area (TPSA) is 90.4 Å². The molecular formula is C39H55N5O. The van der Waals surface area contributed by atoms with E-state index in [9.17, 15) is 0 Å². The average Bonchev–Trinajstić information content (AvgIpc) is 3.84. The Labute approximate surface area is 271 Å². The van der Waals surface area contributed by atoms with Crippen molar-refractivity contribution in [3.8, 4) is 6.26 Å². The van der Waals surface area contributed by atoms with Crippen LogP contribution in [-0.4, -0.2) is 27.0 Å². The van der Waals surface area contributed by atoms with Crippen LogP contribution in [0.3, 0.4) is 0 Å². The standard InChI is InChI=1S/C37H52N4.C2H3NO/c1-7-12-16-27-26(6)38-31(11-5)28(17-13-8-2)33-22-23-35(40-33)30(19-15-10-4)37-25-24-36(41-37)29(18-14-9-3)34-21-20-32(27)39-34;1-4-2-3/h20-25,39-40H,7-19H2,1-6H3;1H3. The molecule has 0 spiro atoms. The van der Waals surface area contributed by atoms with Gasteiger partial charge < -0.3 is 14.7 Å². The summed E-state index contributed by atoms with van der Waals surface area (Å²) in [5.41, 5.74) is 14.7. The number of methoxy groups -OCH3 is 1. The zero-order valence-corrected chi connectivity index (χ0v) is 28.9. The van der Waals surface area contributed by atoms with E-state index in [-0.39, 0.29) is 0 Å². The molecule has 3 aromatic heterocycles. The molecule has 0 amide bonds. The van der Waals surface area contributed by atoms with Gasteiger partial charge in [-0.15, -0.1) is 0 Å². The van der Waals surface area contributed by atoms with Crippen LogP contribution in [0.5, 0.6) is 0 Å². The Morgan fingerprint density at radius 1 is 0.622 bits per heavy atom. The highest BCUT2D eigenvalue weighted by Gasteiger charge is 2.14. The molecule has 6 bridgehead atoms. The van der Waals surface area contributed by atoms with Gasteiger partial charge in [-0.25, -0.2) is 4.98 Å². The molecule has 4 rings (SSSR count). The molecule has 0 fully saturated rings. The highest BCUT2D eigenvalue weighted by molar-refractivity contribution is 5.80. The number of fused-ring (bicyclic) bond motifs is 6. The molecule has 0 unspecified atom stereocenters. The summed E-state index contributed by atoms with van der Waals surface area (Å²) in [5.74, 6) is 0. The van der Waals surface area contributed by atoms with Crippen LogP contribution >= 0.6 is 0 Å². The first-order valence-corrected chi connectivity index (χ1v) is 17.3. The van der Waals surface area contributed by atoms with Gasteiger partial charge in [0.15, 0.2) is 0 Å². The summed E-state index contributed by atoms with van der Waals surface area (Å²) in [7, 11) is 1.32. The summed E-state index contributed by atoms with van der Waals surface area (Å²) in [6, 6.07) is 9.11. The number of rotatable bonds is 13. The maximum Gasteiger partial charge on any atom is 0.286 e. The maximum atomic E-state index is 7.40. The van der Waals surface area contributed by atoms with Crippen molar-refractivity contribution in [1.82, 2.24) is 19.9 Å². The molecule has 242 valence electrons. The second-order valence-electron chi connectivity index (χ2n) is 11.9. The lowest BCUT2D eigenvalue weighted by Gasteiger charge is -2.09. The maximum absolute atomic E-state index is 7.40. The van der Waals surface area contributed by atoms with Crippen molar-refractivity contribution in [2.24, 2.45) is 0 Å². The first kappa shape index (κ1) is 35.6. The fraction of sp³-hybridized carbons (Fsp3) is 0.513. The summed E-state index contributed by atoms with van der Waals surface area (Å²) in [5, 5.41) is 7.40. The lowest BCUT2D eigenvalue weighted by molar-refractivity contribution is 0.362. The van der Waals surface area contributed by atoms with Gasteiger partial charge in [-0.05, 0) is 112 Å².